The van der Waals surface area contributed by atoms with Crippen LogP contribution in [-0.2, 0) is 20.2 Å². The Morgan fingerprint density at radius 1 is 1.29 bits per heavy atom. The minimum atomic E-state index is -3.56. The number of hydrogen-bond donors (Lipinski definition) is 2. The molecule has 0 atom stereocenters. The Balaban J connectivity index is 2.48. The van der Waals surface area contributed by atoms with Crippen molar-refractivity contribution < 1.29 is 13.2 Å². The van der Waals surface area contributed by atoms with Gasteiger partial charge in [-0.05, 0) is 49.9 Å². The van der Waals surface area contributed by atoms with Gasteiger partial charge in [0.25, 0.3) is 0 Å². The SMILES string of the molecule is Cc1cc(S(=O)(=O)NCC(C)C)cc2c1NC(=O)C2(C)C. The molecule has 1 aliphatic rings. The smallest absolute Gasteiger partial charge is 0.240 e. The van der Waals surface area contributed by atoms with Gasteiger partial charge in [-0.2, -0.15) is 0 Å². The van der Waals surface area contributed by atoms with Crippen molar-refractivity contribution in [2.45, 2.75) is 44.9 Å². The number of anilines is 1. The lowest BCUT2D eigenvalue weighted by molar-refractivity contribution is -0.119. The van der Waals surface area contributed by atoms with Gasteiger partial charge in [0.2, 0.25) is 15.9 Å². The second kappa shape index (κ2) is 5.10. The number of hydrogen-bond acceptors (Lipinski definition) is 3. The number of sulfonamides is 1. The van der Waals surface area contributed by atoms with Crippen LogP contribution in [0.3, 0.4) is 0 Å². The molecule has 116 valence electrons. The van der Waals surface area contributed by atoms with Gasteiger partial charge < -0.3 is 5.32 Å². The molecule has 0 saturated carbocycles. The summed E-state index contributed by atoms with van der Waals surface area (Å²) < 4.78 is 27.3. The zero-order valence-electron chi connectivity index (χ0n) is 13.1. The van der Waals surface area contributed by atoms with Crippen LogP contribution in [-0.4, -0.2) is 20.9 Å². The summed E-state index contributed by atoms with van der Waals surface area (Å²) in [5, 5.41) is 2.83. The number of aryl methyl sites for hydroxylation is 1. The van der Waals surface area contributed by atoms with Crippen LogP contribution in [0, 0.1) is 12.8 Å². The van der Waals surface area contributed by atoms with Crippen molar-refractivity contribution in [3.63, 3.8) is 0 Å². The van der Waals surface area contributed by atoms with Gasteiger partial charge in [-0.1, -0.05) is 13.8 Å². The molecule has 0 bridgehead atoms. The normalized spacial score (nSPS) is 17.0. The van der Waals surface area contributed by atoms with E-state index < -0.39 is 15.4 Å². The average molecular weight is 310 g/mol. The van der Waals surface area contributed by atoms with E-state index in [1.807, 2.05) is 20.8 Å². The largest absolute Gasteiger partial charge is 0.325 e. The Hall–Kier alpha value is -1.40. The summed E-state index contributed by atoms with van der Waals surface area (Å²) in [4.78, 5) is 12.2. The Morgan fingerprint density at radius 3 is 2.48 bits per heavy atom. The minimum absolute atomic E-state index is 0.106. The molecule has 0 spiro atoms. The molecule has 1 aromatic carbocycles. The molecule has 5 nitrogen and oxygen atoms in total. The molecule has 1 amide bonds. The minimum Gasteiger partial charge on any atom is -0.325 e. The summed E-state index contributed by atoms with van der Waals surface area (Å²) in [5.74, 6) is 0.125. The zero-order valence-corrected chi connectivity index (χ0v) is 13.9. The lowest BCUT2D eigenvalue weighted by Gasteiger charge is -2.17. The number of amides is 1. The molecule has 21 heavy (non-hydrogen) atoms. The van der Waals surface area contributed by atoms with Crippen molar-refractivity contribution >= 4 is 21.6 Å². The maximum absolute atomic E-state index is 12.4. The van der Waals surface area contributed by atoms with Gasteiger partial charge in [-0.3, -0.25) is 4.79 Å². The highest BCUT2D eigenvalue weighted by Gasteiger charge is 2.40. The molecular formula is C15H22N2O3S. The molecule has 0 saturated heterocycles. The van der Waals surface area contributed by atoms with Crippen LogP contribution in [0.5, 0.6) is 0 Å². The highest BCUT2D eigenvalue weighted by Crippen LogP contribution is 2.40. The first-order valence-corrected chi connectivity index (χ1v) is 8.50. The van der Waals surface area contributed by atoms with Crippen LogP contribution >= 0.6 is 0 Å². The van der Waals surface area contributed by atoms with Gasteiger partial charge in [0.05, 0.1) is 10.3 Å². The van der Waals surface area contributed by atoms with Crippen LogP contribution in [0.25, 0.3) is 0 Å². The fraction of sp³-hybridized carbons (Fsp3) is 0.533. The van der Waals surface area contributed by atoms with E-state index in [9.17, 15) is 13.2 Å². The number of nitrogens with one attached hydrogen (secondary N) is 2. The molecule has 1 aromatic rings. The van der Waals surface area contributed by atoms with E-state index in [0.29, 0.717) is 6.54 Å². The van der Waals surface area contributed by atoms with Gasteiger partial charge in [0.15, 0.2) is 0 Å². The van der Waals surface area contributed by atoms with Gasteiger partial charge >= 0.3 is 0 Å². The number of carbonyl (C=O) groups is 1. The molecular weight excluding hydrogens is 288 g/mol. The van der Waals surface area contributed by atoms with E-state index in [4.69, 9.17) is 0 Å². The highest BCUT2D eigenvalue weighted by atomic mass is 32.2. The van der Waals surface area contributed by atoms with Crippen LogP contribution in [0.15, 0.2) is 17.0 Å². The summed E-state index contributed by atoms with van der Waals surface area (Å²) in [6.07, 6.45) is 0. The maximum atomic E-state index is 12.4. The fourth-order valence-corrected chi connectivity index (χ4v) is 3.64. The summed E-state index contributed by atoms with van der Waals surface area (Å²) in [7, 11) is -3.56. The van der Waals surface area contributed by atoms with E-state index in [2.05, 4.69) is 10.0 Å². The van der Waals surface area contributed by atoms with Crippen LogP contribution in [0.1, 0.15) is 38.8 Å². The van der Waals surface area contributed by atoms with Crippen molar-refractivity contribution in [2.75, 3.05) is 11.9 Å². The molecule has 0 aliphatic carbocycles. The van der Waals surface area contributed by atoms with Crippen LogP contribution in [0.4, 0.5) is 5.69 Å². The third kappa shape index (κ3) is 2.82. The van der Waals surface area contributed by atoms with E-state index in [1.165, 1.54) is 0 Å². The van der Waals surface area contributed by atoms with E-state index in [-0.39, 0.29) is 16.7 Å². The molecule has 0 radical (unpaired) electrons. The first-order chi connectivity index (χ1) is 9.55. The summed E-state index contributed by atoms with van der Waals surface area (Å²) in [5.41, 5.74) is 1.51. The second-order valence-corrected chi connectivity index (χ2v) is 8.25. The van der Waals surface area contributed by atoms with Crippen molar-refractivity contribution in [2.24, 2.45) is 5.92 Å². The number of benzene rings is 1. The molecule has 0 unspecified atom stereocenters. The van der Waals surface area contributed by atoms with Crippen molar-refractivity contribution in [1.82, 2.24) is 4.72 Å². The standard InChI is InChI=1S/C15H22N2O3S/c1-9(2)8-16-21(19,20)11-6-10(3)13-12(7-11)15(4,5)14(18)17-13/h6-7,9,16H,8H2,1-5H3,(H,17,18). The predicted octanol–water partition coefficient (Wildman–Crippen LogP) is 2.16. The lowest BCUT2D eigenvalue weighted by Crippen LogP contribution is -2.29. The quantitative estimate of drug-likeness (QED) is 0.895. The number of rotatable bonds is 4. The summed E-state index contributed by atoms with van der Waals surface area (Å²) >= 11 is 0. The molecule has 2 N–H and O–H groups in total. The molecule has 1 aliphatic heterocycles. The van der Waals surface area contributed by atoms with E-state index in [1.54, 1.807) is 26.0 Å². The van der Waals surface area contributed by atoms with Crippen molar-refractivity contribution in [1.29, 1.82) is 0 Å². The summed E-state index contributed by atoms with van der Waals surface area (Å²) in [6, 6.07) is 3.20. The molecule has 1 heterocycles. The van der Waals surface area contributed by atoms with Gasteiger partial charge in [-0.25, -0.2) is 13.1 Å². The van der Waals surface area contributed by atoms with Crippen molar-refractivity contribution in [3.05, 3.63) is 23.3 Å². The third-order valence-electron chi connectivity index (χ3n) is 3.78. The topological polar surface area (TPSA) is 75.3 Å². The third-order valence-corrected chi connectivity index (χ3v) is 5.18. The van der Waals surface area contributed by atoms with Crippen molar-refractivity contribution in [3.8, 4) is 0 Å². The Bertz CT molecular complexity index is 691. The lowest BCUT2D eigenvalue weighted by atomic mass is 9.85. The fourth-order valence-electron chi connectivity index (χ4n) is 2.32. The molecule has 0 aromatic heterocycles. The van der Waals surface area contributed by atoms with E-state index in [0.717, 1.165) is 16.8 Å². The van der Waals surface area contributed by atoms with Gasteiger partial charge in [0, 0.05) is 12.2 Å². The predicted molar refractivity (Wildman–Crippen MR) is 82.9 cm³/mol. The second-order valence-electron chi connectivity index (χ2n) is 6.49. The first-order valence-electron chi connectivity index (χ1n) is 7.02. The molecule has 6 heteroatoms. The molecule has 2 rings (SSSR count). The zero-order chi connectivity index (χ0) is 16.0. The Labute approximate surface area is 126 Å². The monoisotopic (exact) mass is 310 g/mol. The first kappa shape index (κ1) is 16.0. The maximum Gasteiger partial charge on any atom is 0.240 e. The van der Waals surface area contributed by atoms with Crippen LogP contribution < -0.4 is 10.0 Å². The Morgan fingerprint density at radius 2 is 1.90 bits per heavy atom. The van der Waals surface area contributed by atoms with Crippen LogP contribution in [0.2, 0.25) is 0 Å². The average Bonchev–Trinajstić information content (AvgIpc) is 2.60. The highest BCUT2D eigenvalue weighted by molar-refractivity contribution is 7.89. The summed E-state index contributed by atoms with van der Waals surface area (Å²) in [6.45, 7) is 9.68. The van der Waals surface area contributed by atoms with E-state index >= 15 is 0 Å². The van der Waals surface area contributed by atoms with Gasteiger partial charge in [-0.15, -0.1) is 0 Å². The number of fused-ring (bicyclic) bond motifs is 1. The molecule has 0 fully saturated rings. The Kier molecular flexibility index (Phi) is 3.88. The van der Waals surface area contributed by atoms with Gasteiger partial charge in [0.1, 0.15) is 0 Å². The number of carbonyl (C=O) groups excluding carboxylic acids is 1.